The summed E-state index contributed by atoms with van der Waals surface area (Å²) < 4.78 is 28.1. The van der Waals surface area contributed by atoms with Crippen molar-refractivity contribution in [3.05, 3.63) is 77.4 Å². The Kier molecular flexibility index (Phi) is 5.45. The van der Waals surface area contributed by atoms with E-state index in [4.69, 9.17) is 9.47 Å². The van der Waals surface area contributed by atoms with Crippen LogP contribution < -0.4 is 4.74 Å². The number of hydrogen-bond donors (Lipinski definition) is 0. The summed E-state index contributed by atoms with van der Waals surface area (Å²) in [6, 6.07) is 12.8. The second-order valence-electron chi connectivity index (χ2n) is 6.42. The number of imidazole rings is 1. The SMILES string of the molecule is CCCn1ccnc1SCc1cc(F)cc2c1OC(c1ccccc1)OC2. The predicted molar refractivity (Wildman–Crippen MR) is 103 cm³/mol. The fourth-order valence-electron chi connectivity index (χ4n) is 3.15. The van der Waals surface area contributed by atoms with Crippen LogP contribution in [0.2, 0.25) is 0 Å². The molecule has 1 unspecified atom stereocenters. The zero-order valence-electron chi connectivity index (χ0n) is 15.1. The summed E-state index contributed by atoms with van der Waals surface area (Å²) in [6.45, 7) is 3.38. The van der Waals surface area contributed by atoms with Crippen LogP contribution in [0.1, 0.15) is 36.3 Å². The Morgan fingerprint density at radius 1 is 1.26 bits per heavy atom. The lowest BCUT2D eigenvalue weighted by atomic mass is 10.1. The van der Waals surface area contributed by atoms with Crippen molar-refractivity contribution in [1.82, 2.24) is 9.55 Å². The molecule has 4 nitrogen and oxygen atoms in total. The smallest absolute Gasteiger partial charge is 0.227 e. The molecule has 3 aromatic rings. The van der Waals surface area contributed by atoms with Crippen molar-refractivity contribution in [3.8, 4) is 5.75 Å². The van der Waals surface area contributed by atoms with Crippen molar-refractivity contribution in [2.75, 3.05) is 0 Å². The van der Waals surface area contributed by atoms with Gasteiger partial charge < -0.3 is 14.0 Å². The number of aryl methyl sites for hydroxylation is 1. The lowest BCUT2D eigenvalue weighted by molar-refractivity contribution is -0.112. The largest absolute Gasteiger partial charge is 0.460 e. The highest BCUT2D eigenvalue weighted by Crippen LogP contribution is 2.38. The summed E-state index contributed by atoms with van der Waals surface area (Å²) >= 11 is 1.59. The van der Waals surface area contributed by atoms with Crippen LogP contribution in [-0.2, 0) is 23.6 Å². The van der Waals surface area contributed by atoms with Crippen molar-refractivity contribution >= 4 is 11.8 Å². The number of benzene rings is 2. The standard InChI is InChI=1S/C21H21FN2O2S/c1-2-9-24-10-8-23-21(24)27-14-17-12-18(22)11-16-13-25-20(26-19(16)17)15-6-4-3-5-7-15/h3-8,10-12,20H,2,9,13-14H2,1H3. The van der Waals surface area contributed by atoms with Crippen LogP contribution in [0.5, 0.6) is 5.75 Å². The lowest BCUT2D eigenvalue weighted by Gasteiger charge is -2.28. The molecule has 0 spiro atoms. The van der Waals surface area contributed by atoms with E-state index >= 15 is 0 Å². The van der Waals surface area contributed by atoms with Gasteiger partial charge in [-0.15, -0.1) is 0 Å². The third-order valence-electron chi connectivity index (χ3n) is 4.39. The quantitative estimate of drug-likeness (QED) is 0.538. The van der Waals surface area contributed by atoms with Crippen molar-refractivity contribution in [3.63, 3.8) is 0 Å². The summed E-state index contributed by atoms with van der Waals surface area (Å²) in [5, 5.41) is 0.932. The average molecular weight is 384 g/mol. The summed E-state index contributed by atoms with van der Waals surface area (Å²) in [4.78, 5) is 4.41. The van der Waals surface area contributed by atoms with Gasteiger partial charge in [-0.3, -0.25) is 0 Å². The topological polar surface area (TPSA) is 36.3 Å². The van der Waals surface area contributed by atoms with Gasteiger partial charge in [0.1, 0.15) is 11.6 Å². The molecule has 0 N–H and O–H groups in total. The van der Waals surface area contributed by atoms with E-state index in [1.807, 2.05) is 36.5 Å². The molecule has 0 fully saturated rings. The van der Waals surface area contributed by atoms with Crippen LogP contribution in [0.15, 0.2) is 60.0 Å². The van der Waals surface area contributed by atoms with Crippen molar-refractivity contribution in [2.24, 2.45) is 0 Å². The molecule has 0 aliphatic carbocycles. The Bertz CT molecular complexity index is 914. The van der Waals surface area contributed by atoms with Gasteiger partial charge in [0.15, 0.2) is 5.16 Å². The van der Waals surface area contributed by atoms with Crippen LogP contribution in [0, 0.1) is 5.82 Å². The summed E-state index contributed by atoms with van der Waals surface area (Å²) in [6.07, 6.45) is 4.34. The zero-order chi connectivity index (χ0) is 18.6. The molecule has 0 amide bonds. The third-order valence-corrected chi connectivity index (χ3v) is 5.45. The number of ether oxygens (including phenoxy) is 2. The van der Waals surface area contributed by atoms with Gasteiger partial charge >= 0.3 is 0 Å². The molecule has 1 aliphatic rings. The highest BCUT2D eigenvalue weighted by molar-refractivity contribution is 7.98. The van der Waals surface area contributed by atoms with Crippen LogP contribution >= 0.6 is 11.8 Å². The first-order valence-electron chi connectivity index (χ1n) is 9.03. The average Bonchev–Trinajstić information content (AvgIpc) is 3.14. The number of nitrogens with zero attached hydrogens (tertiary/aromatic N) is 2. The molecule has 0 saturated carbocycles. The van der Waals surface area contributed by atoms with Crippen molar-refractivity contribution in [2.45, 2.75) is 43.7 Å². The van der Waals surface area contributed by atoms with E-state index in [1.54, 1.807) is 24.0 Å². The van der Waals surface area contributed by atoms with E-state index in [1.165, 1.54) is 6.07 Å². The van der Waals surface area contributed by atoms with E-state index < -0.39 is 6.29 Å². The minimum absolute atomic E-state index is 0.272. The molecule has 0 bridgehead atoms. The third kappa shape index (κ3) is 4.01. The van der Waals surface area contributed by atoms with Gasteiger partial charge in [0.2, 0.25) is 6.29 Å². The van der Waals surface area contributed by atoms with E-state index in [2.05, 4.69) is 16.5 Å². The molecular formula is C21H21FN2O2S. The van der Waals surface area contributed by atoms with E-state index in [0.717, 1.165) is 40.6 Å². The lowest BCUT2D eigenvalue weighted by Crippen LogP contribution is -2.19. The number of halogens is 1. The molecule has 0 saturated heterocycles. The van der Waals surface area contributed by atoms with Crippen molar-refractivity contribution in [1.29, 1.82) is 0 Å². The first-order valence-corrected chi connectivity index (χ1v) is 10.0. The van der Waals surface area contributed by atoms with Crippen LogP contribution in [0.3, 0.4) is 0 Å². The Hall–Kier alpha value is -2.31. The highest BCUT2D eigenvalue weighted by Gasteiger charge is 2.25. The Morgan fingerprint density at radius 2 is 2.11 bits per heavy atom. The molecule has 1 aromatic heterocycles. The fraction of sp³-hybridized carbons (Fsp3) is 0.286. The first kappa shape index (κ1) is 18.1. The van der Waals surface area contributed by atoms with E-state index in [9.17, 15) is 4.39 Å². The number of rotatable bonds is 6. The first-order chi connectivity index (χ1) is 13.2. The molecule has 2 aromatic carbocycles. The Morgan fingerprint density at radius 3 is 2.93 bits per heavy atom. The maximum atomic E-state index is 14.1. The van der Waals surface area contributed by atoms with Gasteiger partial charge in [-0.1, -0.05) is 49.0 Å². The summed E-state index contributed by atoms with van der Waals surface area (Å²) in [7, 11) is 0. The number of thioether (sulfide) groups is 1. The van der Waals surface area contributed by atoms with Gasteiger partial charge in [-0.2, -0.15) is 0 Å². The second-order valence-corrected chi connectivity index (χ2v) is 7.36. The van der Waals surface area contributed by atoms with Gasteiger partial charge in [-0.25, -0.2) is 9.37 Å². The zero-order valence-corrected chi connectivity index (χ0v) is 15.9. The van der Waals surface area contributed by atoms with Gasteiger partial charge in [0, 0.05) is 41.4 Å². The van der Waals surface area contributed by atoms with Gasteiger partial charge in [0.05, 0.1) is 6.61 Å². The molecule has 2 heterocycles. The van der Waals surface area contributed by atoms with E-state index in [-0.39, 0.29) is 5.82 Å². The maximum Gasteiger partial charge on any atom is 0.227 e. The summed E-state index contributed by atoms with van der Waals surface area (Å²) in [5.41, 5.74) is 2.52. The molecular weight excluding hydrogens is 363 g/mol. The normalized spacial score (nSPS) is 16.0. The number of aromatic nitrogens is 2. The van der Waals surface area contributed by atoms with E-state index in [0.29, 0.717) is 12.4 Å². The molecule has 6 heteroatoms. The molecule has 1 atom stereocenters. The van der Waals surface area contributed by atoms with Crippen LogP contribution in [0.25, 0.3) is 0 Å². The fourth-order valence-corrected chi connectivity index (χ4v) is 4.10. The summed E-state index contributed by atoms with van der Waals surface area (Å²) in [5.74, 6) is 1.03. The predicted octanol–water partition coefficient (Wildman–Crippen LogP) is 5.33. The van der Waals surface area contributed by atoms with Crippen LogP contribution in [0.4, 0.5) is 4.39 Å². The Balaban J connectivity index is 1.57. The second kappa shape index (κ2) is 8.15. The molecule has 4 rings (SSSR count). The minimum atomic E-state index is -0.477. The maximum absolute atomic E-state index is 14.1. The molecule has 140 valence electrons. The Labute approximate surface area is 162 Å². The highest BCUT2D eigenvalue weighted by atomic mass is 32.2. The molecule has 1 aliphatic heterocycles. The van der Waals surface area contributed by atoms with Gasteiger partial charge in [-0.05, 0) is 18.6 Å². The minimum Gasteiger partial charge on any atom is -0.460 e. The van der Waals surface area contributed by atoms with Gasteiger partial charge in [0.25, 0.3) is 0 Å². The van der Waals surface area contributed by atoms with Crippen molar-refractivity contribution < 1.29 is 13.9 Å². The number of hydrogen-bond acceptors (Lipinski definition) is 4. The molecule has 0 radical (unpaired) electrons. The number of fused-ring (bicyclic) bond motifs is 1. The monoisotopic (exact) mass is 384 g/mol. The molecule has 27 heavy (non-hydrogen) atoms. The van der Waals surface area contributed by atoms with Crippen LogP contribution in [-0.4, -0.2) is 9.55 Å².